The molecule has 0 heterocycles. The molecule has 1 saturated carbocycles. The highest BCUT2D eigenvalue weighted by Crippen LogP contribution is 2.25. The van der Waals surface area contributed by atoms with Gasteiger partial charge in [-0.1, -0.05) is 49.6 Å². The summed E-state index contributed by atoms with van der Waals surface area (Å²) in [6.07, 6.45) is 5.89. The largest absolute Gasteiger partial charge is 0.388 e. The van der Waals surface area contributed by atoms with Crippen molar-refractivity contribution in [3.8, 4) is 0 Å². The highest BCUT2D eigenvalue weighted by Gasteiger charge is 2.17. The molecule has 1 unspecified atom stereocenters. The lowest BCUT2D eigenvalue weighted by Crippen LogP contribution is -2.35. The minimum Gasteiger partial charge on any atom is -0.388 e. The summed E-state index contributed by atoms with van der Waals surface area (Å²) >= 11 is 0. The maximum absolute atomic E-state index is 11.9. The number of aliphatic hydroxyl groups is 1. The van der Waals surface area contributed by atoms with E-state index in [1.54, 1.807) is 12.1 Å². The van der Waals surface area contributed by atoms with E-state index < -0.39 is 6.10 Å². The Balaban J connectivity index is 1.56. The lowest BCUT2D eigenvalue weighted by molar-refractivity contribution is -0.124. The molecule has 1 atom stereocenters. The van der Waals surface area contributed by atoms with Crippen LogP contribution < -0.4 is 10.6 Å². The van der Waals surface area contributed by atoms with Crippen LogP contribution >= 0.6 is 0 Å². The van der Waals surface area contributed by atoms with Crippen molar-refractivity contribution in [3.05, 3.63) is 35.9 Å². The first-order valence-electron chi connectivity index (χ1n) is 8.91. The molecule has 5 nitrogen and oxygen atoms in total. The molecule has 2 rings (SSSR count). The normalized spacial score (nSPS) is 16.4. The van der Waals surface area contributed by atoms with Gasteiger partial charge in [0.2, 0.25) is 11.8 Å². The van der Waals surface area contributed by atoms with Crippen LogP contribution in [0.15, 0.2) is 30.3 Å². The predicted molar refractivity (Wildman–Crippen MR) is 93.2 cm³/mol. The number of carbonyl (C=O) groups is 2. The fourth-order valence-electron chi connectivity index (χ4n) is 3.17. The van der Waals surface area contributed by atoms with Gasteiger partial charge in [0.15, 0.2) is 0 Å². The number of aliphatic hydroxyl groups excluding tert-OH is 1. The summed E-state index contributed by atoms with van der Waals surface area (Å²) in [6, 6.07) is 9.12. The van der Waals surface area contributed by atoms with E-state index in [9.17, 15) is 14.7 Å². The van der Waals surface area contributed by atoms with Gasteiger partial charge in [-0.05, 0) is 24.3 Å². The van der Waals surface area contributed by atoms with E-state index in [4.69, 9.17) is 0 Å². The minimum absolute atomic E-state index is 0.0278. The van der Waals surface area contributed by atoms with Crippen LogP contribution in [0.4, 0.5) is 0 Å². The van der Waals surface area contributed by atoms with Crippen LogP contribution in [-0.4, -0.2) is 30.0 Å². The number of carbonyl (C=O) groups excluding carboxylic acids is 2. The topological polar surface area (TPSA) is 78.4 Å². The molecule has 1 fully saturated rings. The monoisotopic (exact) mass is 332 g/mol. The number of hydrogen-bond acceptors (Lipinski definition) is 3. The number of nitrogens with one attached hydrogen (secondary N) is 2. The quantitative estimate of drug-likeness (QED) is 0.639. The molecule has 0 radical (unpaired) electrons. The Bertz CT molecular complexity index is 513. The minimum atomic E-state index is -0.799. The zero-order valence-corrected chi connectivity index (χ0v) is 14.2. The zero-order valence-electron chi connectivity index (χ0n) is 14.2. The van der Waals surface area contributed by atoms with Gasteiger partial charge in [-0.2, -0.15) is 0 Å². The van der Waals surface area contributed by atoms with Crippen molar-refractivity contribution >= 4 is 11.8 Å². The maximum Gasteiger partial charge on any atom is 0.223 e. The summed E-state index contributed by atoms with van der Waals surface area (Å²) in [7, 11) is 0. The molecule has 1 aromatic carbocycles. The highest BCUT2D eigenvalue weighted by molar-refractivity contribution is 5.77. The molecule has 0 spiro atoms. The third-order valence-corrected chi connectivity index (χ3v) is 4.53. The van der Waals surface area contributed by atoms with Crippen LogP contribution in [0.25, 0.3) is 0 Å². The third-order valence-electron chi connectivity index (χ3n) is 4.53. The fraction of sp³-hybridized carbons (Fsp3) is 0.579. The highest BCUT2D eigenvalue weighted by atomic mass is 16.3. The van der Waals surface area contributed by atoms with Crippen LogP contribution in [0.5, 0.6) is 0 Å². The molecule has 0 aromatic heterocycles. The zero-order chi connectivity index (χ0) is 17.2. The van der Waals surface area contributed by atoms with Crippen LogP contribution in [0.2, 0.25) is 0 Å². The van der Waals surface area contributed by atoms with Gasteiger partial charge in [-0.3, -0.25) is 9.59 Å². The maximum atomic E-state index is 11.9. The summed E-state index contributed by atoms with van der Waals surface area (Å²) in [4.78, 5) is 23.7. The SMILES string of the molecule is O=C(CC1CCCCC1)NCCNC(=O)CC(O)c1ccccc1. The smallest absolute Gasteiger partial charge is 0.223 e. The molecular formula is C19H28N2O3. The first-order valence-corrected chi connectivity index (χ1v) is 8.91. The molecule has 3 N–H and O–H groups in total. The number of rotatable bonds is 8. The van der Waals surface area contributed by atoms with E-state index in [1.165, 1.54) is 19.3 Å². The van der Waals surface area contributed by atoms with Crippen LogP contribution in [0.3, 0.4) is 0 Å². The molecule has 1 aromatic rings. The van der Waals surface area contributed by atoms with Gasteiger partial charge in [-0.15, -0.1) is 0 Å². The Morgan fingerprint density at radius 3 is 2.29 bits per heavy atom. The van der Waals surface area contributed by atoms with Gasteiger partial charge in [-0.25, -0.2) is 0 Å². The number of amides is 2. The number of hydrogen-bond donors (Lipinski definition) is 3. The Morgan fingerprint density at radius 1 is 1.00 bits per heavy atom. The van der Waals surface area contributed by atoms with Crippen LogP contribution in [0, 0.1) is 5.92 Å². The standard InChI is InChI=1S/C19H28N2O3/c22-17(16-9-5-2-6-10-16)14-19(24)21-12-11-20-18(23)13-15-7-3-1-4-8-15/h2,5-6,9-10,15,17,22H,1,3-4,7-8,11-14H2,(H,20,23)(H,21,24). The van der Waals surface area contributed by atoms with Gasteiger partial charge in [0.05, 0.1) is 12.5 Å². The van der Waals surface area contributed by atoms with Gasteiger partial charge < -0.3 is 15.7 Å². The van der Waals surface area contributed by atoms with E-state index in [1.807, 2.05) is 18.2 Å². The Morgan fingerprint density at radius 2 is 1.62 bits per heavy atom. The summed E-state index contributed by atoms with van der Waals surface area (Å²) in [6.45, 7) is 0.815. The van der Waals surface area contributed by atoms with Gasteiger partial charge in [0, 0.05) is 19.5 Å². The van der Waals surface area contributed by atoms with Crippen molar-refractivity contribution in [1.82, 2.24) is 10.6 Å². The Hall–Kier alpha value is -1.88. The van der Waals surface area contributed by atoms with Crippen molar-refractivity contribution in [1.29, 1.82) is 0 Å². The van der Waals surface area contributed by atoms with E-state index in [0.29, 0.717) is 25.4 Å². The first kappa shape index (κ1) is 18.5. The summed E-state index contributed by atoms with van der Waals surface area (Å²) in [5.74, 6) is 0.378. The van der Waals surface area contributed by atoms with Gasteiger partial charge in [0.25, 0.3) is 0 Å². The third kappa shape index (κ3) is 6.71. The van der Waals surface area contributed by atoms with Crippen molar-refractivity contribution < 1.29 is 14.7 Å². The fourth-order valence-corrected chi connectivity index (χ4v) is 3.17. The second-order valence-corrected chi connectivity index (χ2v) is 6.54. The molecule has 5 heteroatoms. The molecule has 1 aliphatic rings. The van der Waals surface area contributed by atoms with Crippen molar-refractivity contribution in [3.63, 3.8) is 0 Å². The molecular weight excluding hydrogens is 304 g/mol. The van der Waals surface area contributed by atoms with Gasteiger partial charge >= 0.3 is 0 Å². The second kappa shape index (κ2) is 10.1. The molecule has 0 bridgehead atoms. The van der Waals surface area contributed by atoms with Crippen LogP contribution in [-0.2, 0) is 9.59 Å². The van der Waals surface area contributed by atoms with E-state index >= 15 is 0 Å². The number of benzene rings is 1. The van der Waals surface area contributed by atoms with E-state index in [2.05, 4.69) is 10.6 Å². The second-order valence-electron chi connectivity index (χ2n) is 6.54. The molecule has 24 heavy (non-hydrogen) atoms. The summed E-state index contributed by atoms with van der Waals surface area (Å²) in [5, 5.41) is 15.6. The molecule has 1 aliphatic carbocycles. The lowest BCUT2D eigenvalue weighted by Gasteiger charge is -2.20. The predicted octanol–water partition coefficient (Wildman–Crippen LogP) is 2.31. The summed E-state index contributed by atoms with van der Waals surface area (Å²) in [5.41, 5.74) is 0.730. The van der Waals surface area contributed by atoms with E-state index in [0.717, 1.165) is 18.4 Å². The Labute approximate surface area is 143 Å². The lowest BCUT2D eigenvalue weighted by atomic mass is 9.87. The van der Waals surface area contributed by atoms with E-state index in [-0.39, 0.29) is 18.2 Å². The van der Waals surface area contributed by atoms with Crippen molar-refractivity contribution in [2.24, 2.45) is 5.92 Å². The first-order chi connectivity index (χ1) is 11.6. The molecule has 2 amide bonds. The Kier molecular flexibility index (Phi) is 7.75. The summed E-state index contributed by atoms with van der Waals surface area (Å²) < 4.78 is 0. The molecule has 0 aliphatic heterocycles. The van der Waals surface area contributed by atoms with Crippen LogP contribution in [0.1, 0.15) is 56.6 Å². The van der Waals surface area contributed by atoms with Crippen molar-refractivity contribution in [2.75, 3.05) is 13.1 Å². The average molecular weight is 332 g/mol. The average Bonchev–Trinajstić information content (AvgIpc) is 2.60. The van der Waals surface area contributed by atoms with Gasteiger partial charge in [0.1, 0.15) is 0 Å². The molecule has 132 valence electrons. The molecule has 0 saturated heterocycles. The van der Waals surface area contributed by atoms with Crippen molar-refractivity contribution in [2.45, 2.75) is 51.0 Å².